The van der Waals surface area contributed by atoms with Crippen LogP contribution in [-0.2, 0) is 25.5 Å². The van der Waals surface area contributed by atoms with Crippen LogP contribution < -0.4 is 0 Å². The molecule has 0 N–H and O–H groups in total. The van der Waals surface area contributed by atoms with Crippen LogP contribution in [0.15, 0.2) is 59.6 Å². The van der Waals surface area contributed by atoms with Gasteiger partial charge in [0.05, 0.1) is 18.3 Å². The van der Waals surface area contributed by atoms with E-state index in [4.69, 9.17) is 9.47 Å². The van der Waals surface area contributed by atoms with Crippen molar-refractivity contribution >= 4 is 23.5 Å². The minimum atomic E-state index is -0.365. The maximum absolute atomic E-state index is 13.8. The number of halogens is 1. The second-order valence-electron chi connectivity index (χ2n) is 9.29. The first-order chi connectivity index (χ1) is 17.2. The van der Waals surface area contributed by atoms with Crippen molar-refractivity contribution in [2.24, 2.45) is 11.8 Å². The fourth-order valence-electron chi connectivity index (χ4n) is 4.64. The lowest BCUT2D eigenvalue weighted by Gasteiger charge is -2.44. The van der Waals surface area contributed by atoms with Crippen molar-refractivity contribution < 1.29 is 23.5 Å². The lowest BCUT2D eigenvalue weighted by atomic mass is 9.84. The molecular weight excluding hydrogens is 481 g/mol. The highest BCUT2D eigenvalue weighted by Gasteiger charge is 2.44. The first-order valence-electron chi connectivity index (χ1n) is 11.9. The average molecular weight is 512 g/mol. The Balaban J connectivity index is 1.62. The van der Waals surface area contributed by atoms with Crippen LogP contribution in [0.3, 0.4) is 0 Å². The number of Topliss-reactive ketones (excluding diaryl/α,β-unsaturated/α-hetero) is 1. The highest BCUT2D eigenvalue weighted by molar-refractivity contribution is 7.99. The Bertz CT molecular complexity index is 1230. The quantitative estimate of drug-likeness (QED) is 0.389. The summed E-state index contributed by atoms with van der Waals surface area (Å²) in [6.07, 6.45) is 1.86. The zero-order chi connectivity index (χ0) is 25.8. The number of hydrogen-bond acceptors (Lipinski definition) is 7. The number of ether oxygens (including phenoxy) is 2. The Morgan fingerprint density at radius 2 is 1.89 bits per heavy atom. The maximum Gasteiger partial charge on any atom is 0.302 e. The van der Waals surface area contributed by atoms with E-state index in [2.05, 4.69) is 17.2 Å². The van der Waals surface area contributed by atoms with Gasteiger partial charge in [0, 0.05) is 35.6 Å². The van der Waals surface area contributed by atoms with Crippen LogP contribution in [0.25, 0.3) is 11.3 Å². The van der Waals surface area contributed by atoms with E-state index < -0.39 is 0 Å². The summed E-state index contributed by atoms with van der Waals surface area (Å²) in [4.78, 5) is 24.1. The van der Waals surface area contributed by atoms with Gasteiger partial charge in [0.15, 0.2) is 0 Å². The monoisotopic (exact) mass is 511 g/mol. The van der Waals surface area contributed by atoms with Crippen LogP contribution >= 0.6 is 11.8 Å². The molecule has 7 nitrogen and oxygen atoms in total. The van der Waals surface area contributed by atoms with Gasteiger partial charge in [-0.3, -0.25) is 9.59 Å². The zero-order valence-electron chi connectivity index (χ0n) is 20.8. The molecule has 1 aliphatic heterocycles. The largest absolute Gasteiger partial charge is 0.463 e. The molecule has 36 heavy (non-hydrogen) atoms. The van der Waals surface area contributed by atoms with Gasteiger partial charge in [-0.2, -0.15) is 0 Å². The van der Waals surface area contributed by atoms with E-state index in [1.807, 2.05) is 42.1 Å². The third kappa shape index (κ3) is 6.20. The van der Waals surface area contributed by atoms with Gasteiger partial charge in [-0.1, -0.05) is 55.1 Å². The standard InChI is InChI=1S/C27H30FN3O4S/c1-16(32)11-20-7-5-10-23(12-20)36-27-18(3)26(17(2)25(35-27)15-34-19(4)33)31-14-24(29-30-31)21-8-6-9-22(28)13-21/h5-10,12-14,17-18,25-27H,11,15H2,1-4H3/t17-,18?,25?,26?,27?/m0/s1. The van der Waals surface area contributed by atoms with Gasteiger partial charge < -0.3 is 9.47 Å². The first-order valence-corrected chi connectivity index (χ1v) is 12.8. The minimum absolute atomic E-state index is 0.0112. The van der Waals surface area contributed by atoms with E-state index in [1.165, 1.54) is 19.1 Å². The molecule has 9 heteroatoms. The summed E-state index contributed by atoms with van der Waals surface area (Å²) in [6, 6.07) is 14.0. The van der Waals surface area contributed by atoms with E-state index in [9.17, 15) is 14.0 Å². The number of aromatic nitrogens is 3. The molecule has 1 fully saturated rings. The normalized spacial score (nSPS) is 23.9. The zero-order valence-corrected chi connectivity index (χ0v) is 21.6. The van der Waals surface area contributed by atoms with E-state index in [1.54, 1.807) is 30.8 Å². The Morgan fingerprint density at radius 3 is 2.61 bits per heavy atom. The summed E-state index contributed by atoms with van der Waals surface area (Å²) in [5, 5.41) is 8.70. The molecule has 2 aromatic carbocycles. The molecule has 0 aliphatic carbocycles. The molecule has 1 aliphatic rings. The molecule has 4 unspecified atom stereocenters. The third-order valence-electron chi connectivity index (χ3n) is 6.39. The molecule has 1 saturated heterocycles. The van der Waals surface area contributed by atoms with Gasteiger partial charge in [0.25, 0.3) is 0 Å². The summed E-state index contributed by atoms with van der Waals surface area (Å²) >= 11 is 1.57. The van der Waals surface area contributed by atoms with Gasteiger partial charge in [-0.15, -0.1) is 5.10 Å². The SMILES string of the molecule is CC(=O)Cc1cccc(SC2OC(COC(C)=O)[C@H](C)C(n3cc(-c4cccc(F)c4)nn3)C2C)c1. The predicted molar refractivity (Wildman–Crippen MR) is 135 cm³/mol. The summed E-state index contributed by atoms with van der Waals surface area (Å²) in [5.41, 5.74) is 1.92. The van der Waals surface area contributed by atoms with Crippen molar-refractivity contribution in [1.82, 2.24) is 15.0 Å². The average Bonchev–Trinajstić information content (AvgIpc) is 3.30. The number of ketones is 1. The maximum atomic E-state index is 13.8. The Labute approximate surface area is 214 Å². The van der Waals surface area contributed by atoms with Crippen molar-refractivity contribution in [1.29, 1.82) is 0 Å². The van der Waals surface area contributed by atoms with Gasteiger partial charge >= 0.3 is 5.97 Å². The number of thioether (sulfide) groups is 1. The molecule has 0 spiro atoms. The summed E-state index contributed by atoms with van der Waals surface area (Å²) in [5.74, 6) is -0.620. The summed E-state index contributed by atoms with van der Waals surface area (Å²) in [6.45, 7) is 7.24. The van der Waals surface area contributed by atoms with Crippen LogP contribution in [0.2, 0.25) is 0 Å². The van der Waals surface area contributed by atoms with Crippen LogP contribution in [0.1, 0.15) is 39.3 Å². The van der Waals surface area contributed by atoms with E-state index in [-0.39, 0.29) is 53.6 Å². The lowest BCUT2D eigenvalue weighted by molar-refractivity contribution is -0.156. The number of rotatable bonds is 8. The number of esters is 1. The van der Waals surface area contributed by atoms with Crippen molar-refractivity contribution in [2.75, 3.05) is 6.61 Å². The third-order valence-corrected chi connectivity index (χ3v) is 7.69. The number of hydrogen-bond donors (Lipinski definition) is 0. The summed E-state index contributed by atoms with van der Waals surface area (Å²) in [7, 11) is 0. The second-order valence-corrected chi connectivity index (χ2v) is 10.5. The highest BCUT2D eigenvalue weighted by atomic mass is 32.2. The van der Waals surface area contributed by atoms with Crippen molar-refractivity contribution in [3.8, 4) is 11.3 Å². The van der Waals surface area contributed by atoms with Crippen molar-refractivity contribution in [3.63, 3.8) is 0 Å². The Kier molecular flexibility index (Phi) is 8.21. The Morgan fingerprint density at radius 1 is 1.11 bits per heavy atom. The molecule has 2 heterocycles. The lowest BCUT2D eigenvalue weighted by Crippen LogP contribution is -2.47. The van der Waals surface area contributed by atoms with Crippen LogP contribution in [0, 0.1) is 17.7 Å². The second kappa shape index (κ2) is 11.3. The van der Waals surface area contributed by atoms with E-state index in [0.717, 1.165) is 10.5 Å². The molecule has 190 valence electrons. The van der Waals surface area contributed by atoms with Gasteiger partial charge in [0.1, 0.15) is 29.3 Å². The predicted octanol–water partition coefficient (Wildman–Crippen LogP) is 5.11. The van der Waals surface area contributed by atoms with E-state index >= 15 is 0 Å². The van der Waals surface area contributed by atoms with Crippen molar-refractivity contribution in [3.05, 3.63) is 66.1 Å². The molecule has 0 amide bonds. The summed E-state index contributed by atoms with van der Waals surface area (Å²) < 4.78 is 27.4. The van der Waals surface area contributed by atoms with Gasteiger partial charge in [0.2, 0.25) is 0 Å². The molecule has 5 atom stereocenters. The topological polar surface area (TPSA) is 83.3 Å². The fraction of sp³-hybridized carbons (Fsp3) is 0.407. The van der Waals surface area contributed by atoms with Crippen LogP contribution in [0.4, 0.5) is 4.39 Å². The first kappa shape index (κ1) is 26.0. The fourth-order valence-corrected chi connectivity index (χ4v) is 5.86. The number of nitrogens with zero attached hydrogens (tertiary/aromatic N) is 3. The minimum Gasteiger partial charge on any atom is -0.463 e. The van der Waals surface area contributed by atoms with Gasteiger partial charge in [-0.05, 0) is 36.8 Å². The van der Waals surface area contributed by atoms with Crippen LogP contribution in [-0.4, -0.2) is 44.9 Å². The smallest absolute Gasteiger partial charge is 0.302 e. The molecule has 4 rings (SSSR count). The van der Waals surface area contributed by atoms with Crippen molar-refractivity contribution in [2.45, 2.75) is 56.6 Å². The molecular formula is C27H30FN3O4S. The molecule has 0 bridgehead atoms. The van der Waals surface area contributed by atoms with E-state index in [0.29, 0.717) is 17.7 Å². The highest BCUT2D eigenvalue weighted by Crippen LogP contribution is 2.44. The number of benzene rings is 2. The number of carbonyl (C=O) groups excluding carboxylic acids is 2. The Hall–Kier alpha value is -3.04. The van der Waals surface area contributed by atoms with Crippen LogP contribution in [0.5, 0.6) is 0 Å². The molecule has 1 aromatic heterocycles. The number of carbonyl (C=O) groups is 2. The molecule has 3 aromatic rings. The van der Waals surface area contributed by atoms with Gasteiger partial charge in [-0.25, -0.2) is 9.07 Å². The molecule has 0 saturated carbocycles. The molecule has 0 radical (unpaired) electrons.